The van der Waals surface area contributed by atoms with Gasteiger partial charge >= 0.3 is 29.6 Å². The number of carbonyl (C=O) groups is 1. The maximum absolute atomic E-state index is 13.1. The van der Waals surface area contributed by atoms with E-state index in [2.05, 4.69) is 0 Å². The van der Waals surface area contributed by atoms with Crippen molar-refractivity contribution in [1.82, 2.24) is 0 Å². The molecule has 0 amide bonds. The molecule has 0 bridgehead atoms. The Morgan fingerprint density at radius 3 is 2.50 bits per heavy atom. The average Bonchev–Trinajstić information content (AvgIpc) is 2.75. The molecule has 0 spiro atoms. The summed E-state index contributed by atoms with van der Waals surface area (Å²) in [6.45, 7) is 0.515. The van der Waals surface area contributed by atoms with Gasteiger partial charge in [0.15, 0.2) is 0 Å². The molecule has 2 aromatic carbocycles. The summed E-state index contributed by atoms with van der Waals surface area (Å²) in [6.07, 6.45) is 3.08. The zero-order valence-electron chi connectivity index (χ0n) is 17.1. The van der Waals surface area contributed by atoms with E-state index in [0.717, 1.165) is 24.8 Å². The number of carbonyl (C=O) groups excluding carboxylic acids is 1. The van der Waals surface area contributed by atoms with Crippen LogP contribution in [0.15, 0.2) is 52.4 Å². The number of sulfonamides is 1. The van der Waals surface area contributed by atoms with Crippen LogP contribution in [0, 0.1) is 0 Å². The van der Waals surface area contributed by atoms with Crippen LogP contribution < -0.4 is 39.0 Å². The smallest absolute Gasteiger partial charge is 0.550 e. The predicted octanol–water partition coefficient (Wildman–Crippen LogP) is 0.0203. The van der Waals surface area contributed by atoms with Crippen molar-refractivity contribution in [3.05, 3.63) is 58.6 Å². The number of benzene rings is 2. The summed E-state index contributed by atoms with van der Waals surface area (Å²) in [4.78, 5) is 15.3. The minimum Gasteiger partial charge on any atom is -0.550 e. The van der Waals surface area contributed by atoms with Crippen molar-refractivity contribution >= 4 is 39.0 Å². The first kappa shape index (κ1) is 24.9. The molecule has 154 valence electrons. The first-order valence-electron chi connectivity index (χ1n) is 9.45. The molecule has 1 aliphatic rings. The zero-order chi connectivity index (χ0) is 21.0. The molecule has 0 aromatic heterocycles. The molecule has 2 aromatic rings. The Bertz CT molecular complexity index is 1060. The minimum atomic E-state index is -3.77. The van der Waals surface area contributed by atoms with Crippen LogP contribution in [-0.2, 0) is 14.8 Å². The van der Waals surface area contributed by atoms with Crippen LogP contribution in [0.25, 0.3) is 0 Å². The van der Waals surface area contributed by atoms with E-state index in [1.807, 2.05) is 12.1 Å². The molecular weight excluding hydrogens is 435 g/mol. The van der Waals surface area contributed by atoms with Gasteiger partial charge in [-0.3, -0.25) is 9.30 Å². The molecule has 0 unspecified atom stereocenters. The number of fused-ring (bicyclic) bond motifs is 2. The van der Waals surface area contributed by atoms with Crippen molar-refractivity contribution in [2.45, 2.75) is 37.0 Å². The third-order valence-electron chi connectivity index (χ3n) is 4.89. The number of hydrogen-bond donors (Lipinski definition) is 0. The van der Waals surface area contributed by atoms with Crippen LogP contribution in [0.1, 0.15) is 43.2 Å². The average molecular weight is 457 g/mol. The summed E-state index contributed by atoms with van der Waals surface area (Å²) >= 11 is 6.09. The standard InChI is InChI=1S/C21H23ClN2O4S.Na/c1-24-18-9-6-5-8-16(18)21(23-13-7-3-2-4-10-20(25)26)17-12-11-15(22)14-19(17)29(24,27)28;/h5-6,8-9,11-12,14H,2-4,7,10,13H2,1H3,(H,25,26);/q;+1/p-1. The summed E-state index contributed by atoms with van der Waals surface area (Å²) in [7, 11) is -2.24. The van der Waals surface area contributed by atoms with Gasteiger partial charge in [0, 0.05) is 35.7 Å². The van der Waals surface area contributed by atoms with Crippen LogP contribution in [0.5, 0.6) is 0 Å². The number of hydrogen-bond acceptors (Lipinski definition) is 5. The van der Waals surface area contributed by atoms with Gasteiger partial charge in [-0.25, -0.2) is 8.42 Å². The number of aliphatic imine (C=N–C) groups is 1. The molecule has 0 atom stereocenters. The zero-order valence-corrected chi connectivity index (χ0v) is 20.7. The van der Waals surface area contributed by atoms with Gasteiger partial charge in [0.25, 0.3) is 10.0 Å². The van der Waals surface area contributed by atoms with Crippen molar-refractivity contribution in [2.24, 2.45) is 4.99 Å². The second-order valence-electron chi connectivity index (χ2n) is 6.90. The van der Waals surface area contributed by atoms with Gasteiger partial charge in [0.05, 0.1) is 16.3 Å². The predicted molar refractivity (Wildman–Crippen MR) is 112 cm³/mol. The number of carboxylic acids is 1. The van der Waals surface area contributed by atoms with E-state index in [-0.39, 0.29) is 40.9 Å². The SMILES string of the molecule is CN1c2ccccc2C(=NCCCCCCC(=O)[O-])c2ccc(Cl)cc2S1(=O)=O.[Na+]. The van der Waals surface area contributed by atoms with Crippen LogP contribution >= 0.6 is 11.6 Å². The van der Waals surface area contributed by atoms with E-state index in [4.69, 9.17) is 16.6 Å². The van der Waals surface area contributed by atoms with Gasteiger partial charge in [-0.15, -0.1) is 0 Å². The molecule has 0 aliphatic carbocycles. The number of halogens is 1. The van der Waals surface area contributed by atoms with Crippen molar-refractivity contribution < 1.29 is 47.9 Å². The molecule has 3 rings (SSSR count). The van der Waals surface area contributed by atoms with Gasteiger partial charge in [-0.2, -0.15) is 0 Å². The summed E-state index contributed by atoms with van der Waals surface area (Å²) in [5, 5.41) is 10.8. The molecule has 1 heterocycles. The molecule has 9 heteroatoms. The van der Waals surface area contributed by atoms with Crippen LogP contribution in [-0.4, -0.2) is 33.7 Å². The minimum absolute atomic E-state index is 0. The summed E-state index contributed by atoms with van der Waals surface area (Å²) < 4.78 is 27.6. The number of rotatable bonds is 7. The largest absolute Gasteiger partial charge is 1.00 e. The number of anilines is 1. The third kappa shape index (κ3) is 5.45. The molecule has 0 fully saturated rings. The maximum Gasteiger partial charge on any atom is 1.00 e. The van der Waals surface area contributed by atoms with Gasteiger partial charge in [0.1, 0.15) is 0 Å². The van der Waals surface area contributed by atoms with E-state index >= 15 is 0 Å². The number of para-hydroxylation sites is 1. The van der Waals surface area contributed by atoms with Gasteiger partial charge < -0.3 is 9.90 Å². The van der Waals surface area contributed by atoms with Crippen molar-refractivity contribution in [1.29, 1.82) is 0 Å². The van der Waals surface area contributed by atoms with E-state index in [1.54, 1.807) is 24.3 Å². The Hall–Kier alpha value is -1.38. The van der Waals surface area contributed by atoms with Crippen LogP contribution in [0.4, 0.5) is 5.69 Å². The normalized spacial score (nSPS) is 15.7. The van der Waals surface area contributed by atoms with Crippen molar-refractivity contribution in [2.75, 3.05) is 17.9 Å². The van der Waals surface area contributed by atoms with Crippen LogP contribution in [0.3, 0.4) is 0 Å². The van der Waals surface area contributed by atoms with E-state index in [1.165, 1.54) is 17.4 Å². The molecule has 0 N–H and O–H groups in total. The van der Waals surface area contributed by atoms with E-state index in [9.17, 15) is 18.3 Å². The molecule has 30 heavy (non-hydrogen) atoms. The molecule has 0 saturated carbocycles. The van der Waals surface area contributed by atoms with Gasteiger partial charge in [-0.05, 0) is 43.5 Å². The molecule has 1 aliphatic heterocycles. The summed E-state index contributed by atoms with van der Waals surface area (Å²) in [5.41, 5.74) is 2.46. The Balaban J connectivity index is 0.00000320. The number of carboxylic acid groups (broad SMARTS) is 1. The second kappa shape index (κ2) is 10.8. The molecule has 0 radical (unpaired) electrons. The Morgan fingerprint density at radius 2 is 1.77 bits per heavy atom. The summed E-state index contributed by atoms with van der Waals surface area (Å²) in [6, 6.07) is 12.1. The molecular formula is C21H22ClN2NaO4S. The number of nitrogens with zero attached hydrogens (tertiary/aromatic N) is 2. The Labute approximate surface area is 204 Å². The van der Waals surface area contributed by atoms with Gasteiger partial charge in [-0.1, -0.05) is 42.6 Å². The molecule has 0 saturated heterocycles. The quantitative estimate of drug-likeness (QED) is 0.434. The first-order chi connectivity index (χ1) is 13.8. The van der Waals surface area contributed by atoms with Crippen molar-refractivity contribution in [3.8, 4) is 0 Å². The molecule has 6 nitrogen and oxygen atoms in total. The monoisotopic (exact) mass is 456 g/mol. The number of aliphatic carboxylic acids is 1. The fraction of sp³-hybridized carbons (Fsp3) is 0.333. The van der Waals surface area contributed by atoms with Gasteiger partial charge in [0.2, 0.25) is 0 Å². The van der Waals surface area contributed by atoms with E-state index < -0.39 is 16.0 Å². The maximum atomic E-state index is 13.1. The first-order valence-corrected chi connectivity index (χ1v) is 11.3. The Kier molecular flexibility index (Phi) is 8.94. The fourth-order valence-electron chi connectivity index (χ4n) is 3.37. The van der Waals surface area contributed by atoms with E-state index in [0.29, 0.717) is 35.0 Å². The second-order valence-corrected chi connectivity index (χ2v) is 9.27. The fourth-order valence-corrected chi connectivity index (χ4v) is 5.04. The Morgan fingerprint density at radius 1 is 1.07 bits per heavy atom. The summed E-state index contributed by atoms with van der Waals surface area (Å²) in [5.74, 6) is -1.03. The number of unbranched alkanes of at least 4 members (excludes halogenated alkanes) is 3. The topological polar surface area (TPSA) is 89.9 Å². The van der Waals surface area contributed by atoms with Crippen LogP contribution in [0.2, 0.25) is 5.02 Å². The third-order valence-corrected chi connectivity index (χ3v) is 6.94. The van der Waals surface area contributed by atoms with Crippen molar-refractivity contribution in [3.63, 3.8) is 0 Å².